The zero-order valence-corrected chi connectivity index (χ0v) is 18.4. The fraction of sp³-hybridized carbons (Fsp3) is 0.480. The van der Waals surface area contributed by atoms with E-state index < -0.39 is 0 Å². The molecule has 160 valence electrons. The van der Waals surface area contributed by atoms with E-state index >= 15 is 0 Å². The van der Waals surface area contributed by atoms with Gasteiger partial charge in [-0.2, -0.15) is 0 Å². The van der Waals surface area contributed by atoms with Crippen LogP contribution in [0.5, 0.6) is 0 Å². The first-order valence-corrected chi connectivity index (χ1v) is 11.8. The molecule has 1 heterocycles. The van der Waals surface area contributed by atoms with E-state index in [9.17, 15) is 4.79 Å². The zero-order chi connectivity index (χ0) is 20.8. The second-order valence-electron chi connectivity index (χ2n) is 8.61. The van der Waals surface area contributed by atoms with Gasteiger partial charge in [-0.1, -0.05) is 43.4 Å². The summed E-state index contributed by atoms with van der Waals surface area (Å²) in [7, 11) is 0. The van der Waals surface area contributed by atoms with Gasteiger partial charge in [-0.25, -0.2) is 0 Å². The number of hydrogen-bond donors (Lipinski definition) is 3. The maximum Gasteiger partial charge on any atom is 0.251 e. The van der Waals surface area contributed by atoms with Gasteiger partial charge in [-0.3, -0.25) is 4.79 Å². The Bertz CT molecular complexity index is 857. The molecule has 2 aliphatic rings. The molecule has 1 amide bonds. The molecule has 0 atom stereocenters. The van der Waals surface area contributed by atoms with E-state index in [1.165, 1.54) is 42.4 Å². The van der Waals surface area contributed by atoms with Crippen LogP contribution in [-0.2, 0) is 19.4 Å². The smallest absolute Gasteiger partial charge is 0.251 e. The fourth-order valence-corrected chi connectivity index (χ4v) is 4.98. The molecule has 4 nitrogen and oxygen atoms in total. The van der Waals surface area contributed by atoms with Crippen LogP contribution in [0.2, 0.25) is 5.02 Å². The standard InChI is InChI=1S/C25H32ClN3O/c26-24-12-9-18-13-15-27-16-14-22(18)23(24)17-28-20-10-7-19(8-11-20)25(30)29-21-5-3-1-2-4-6-21/h7-12,21,27-28H,1-6,13-17H2,(H,29,30)/p+1. The maximum absolute atomic E-state index is 12.6. The normalized spacial score (nSPS) is 17.6. The number of quaternary nitrogens is 1. The molecule has 4 rings (SSSR count). The molecule has 0 saturated heterocycles. The Morgan fingerprint density at radius 3 is 2.50 bits per heavy atom. The predicted octanol–water partition coefficient (Wildman–Crippen LogP) is 3.88. The van der Waals surface area contributed by atoms with Gasteiger partial charge in [0.1, 0.15) is 12.2 Å². The first-order valence-electron chi connectivity index (χ1n) is 11.4. The van der Waals surface area contributed by atoms with Crippen molar-refractivity contribution >= 4 is 23.2 Å². The van der Waals surface area contributed by atoms with Crippen molar-refractivity contribution in [3.8, 4) is 0 Å². The molecule has 0 bridgehead atoms. The van der Waals surface area contributed by atoms with Crippen molar-refractivity contribution in [2.24, 2.45) is 0 Å². The summed E-state index contributed by atoms with van der Waals surface area (Å²) in [6.45, 7) is 2.85. The second kappa shape index (κ2) is 10.4. The lowest BCUT2D eigenvalue weighted by Gasteiger charge is -2.16. The predicted molar refractivity (Wildman–Crippen MR) is 122 cm³/mol. The van der Waals surface area contributed by atoms with Gasteiger partial charge < -0.3 is 16.0 Å². The van der Waals surface area contributed by atoms with Crippen molar-refractivity contribution in [2.45, 2.75) is 64.0 Å². The van der Waals surface area contributed by atoms with Crippen LogP contribution in [-0.4, -0.2) is 25.0 Å². The number of nitrogens with one attached hydrogen (secondary N) is 2. The van der Waals surface area contributed by atoms with Crippen molar-refractivity contribution in [1.82, 2.24) is 10.6 Å². The van der Waals surface area contributed by atoms with Gasteiger partial charge in [0.2, 0.25) is 0 Å². The van der Waals surface area contributed by atoms with E-state index in [1.807, 2.05) is 30.3 Å². The zero-order valence-electron chi connectivity index (χ0n) is 17.7. The molecule has 1 aliphatic heterocycles. The Balaban J connectivity index is 1.38. The van der Waals surface area contributed by atoms with Crippen LogP contribution >= 0.6 is 11.6 Å². The monoisotopic (exact) mass is 426 g/mol. The van der Waals surface area contributed by atoms with Crippen LogP contribution < -0.4 is 16.0 Å². The number of carbonyl (C=O) groups is 1. The Morgan fingerprint density at radius 2 is 1.73 bits per heavy atom. The van der Waals surface area contributed by atoms with Gasteiger partial charge in [-0.05, 0) is 80.2 Å². The fourth-order valence-electron chi connectivity index (χ4n) is 4.72. The number of nitrogens with two attached hydrogens (primary N) is 1. The summed E-state index contributed by atoms with van der Waals surface area (Å²) in [4.78, 5) is 12.6. The van der Waals surface area contributed by atoms with Gasteiger partial charge in [0.25, 0.3) is 5.91 Å². The molecule has 0 aromatic heterocycles. The Kier molecular flexibility index (Phi) is 7.42. The van der Waals surface area contributed by atoms with Crippen LogP contribution in [0, 0.1) is 0 Å². The summed E-state index contributed by atoms with van der Waals surface area (Å²) in [5, 5.41) is 9.77. The third kappa shape index (κ3) is 5.42. The van der Waals surface area contributed by atoms with Gasteiger partial charge in [-0.15, -0.1) is 0 Å². The molecule has 2 aromatic carbocycles. The van der Waals surface area contributed by atoms with Crippen molar-refractivity contribution in [3.05, 3.63) is 63.7 Å². The molecular weight excluding hydrogens is 394 g/mol. The highest BCUT2D eigenvalue weighted by atomic mass is 35.5. The number of halogens is 1. The third-order valence-electron chi connectivity index (χ3n) is 6.50. The number of carbonyl (C=O) groups excluding carboxylic acids is 1. The van der Waals surface area contributed by atoms with Crippen LogP contribution in [0.1, 0.15) is 65.6 Å². The number of fused-ring (bicyclic) bond motifs is 1. The van der Waals surface area contributed by atoms with Gasteiger partial charge in [0.15, 0.2) is 0 Å². The highest BCUT2D eigenvalue weighted by Crippen LogP contribution is 2.25. The molecule has 30 heavy (non-hydrogen) atoms. The summed E-state index contributed by atoms with van der Waals surface area (Å²) in [5.41, 5.74) is 5.94. The third-order valence-corrected chi connectivity index (χ3v) is 6.85. The van der Waals surface area contributed by atoms with Gasteiger partial charge in [0, 0.05) is 22.2 Å². The molecule has 0 spiro atoms. The van der Waals surface area contributed by atoms with E-state index in [0.29, 0.717) is 6.04 Å². The summed E-state index contributed by atoms with van der Waals surface area (Å²) in [6.07, 6.45) is 9.33. The molecule has 0 radical (unpaired) electrons. The van der Waals surface area contributed by atoms with Crippen molar-refractivity contribution in [2.75, 3.05) is 13.1 Å². The molecule has 5 heteroatoms. The lowest BCUT2D eigenvalue weighted by molar-refractivity contribution is -0.588. The SMILES string of the molecule is O=C(NC1CCCCCC1)c1ccc([NH2+]Cc2c(Cl)ccc3c2CCNCC3)cc1. The number of amides is 1. The number of benzene rings is 2. The molecule has 1 aliphatic carbocycles. The van der Waals surface area contributed by atoms with Gasteiger partial charge in [0.05, 0.1) is 0 Å². The van der Waals surface area contributed by atoms with Crippen LogP contribution in [0.15, 0.2) is 36.4 Å². The van der Waals surface area contributed by atoms with Crippen molar-refractivity contribution in [3.63, 3.8) is 0 Å². The minimum absolute atomic E-state index is 0.0531. The first-order chi connectivity index (χ1) is 14.7. The average molecular weight is 427 g/mol. The van der Waals surface area contributed by atoms with Gasteiger partial charge >= 0.3 is 0 Å². The average Bonchev–Trinajstić information content (AvgIpc) is 3.16. The topological polar surface area (TPSA) is 57.7 Å². The van der Waals surface area contributed by atoms with E-state index in [-0.39, 0.29) is 5.91 Å². The molecule has 4 N–H and O–H groups in total. The van der Waals surface area contributed by atoms with E-state index in [4.69, 9.17) is 11.6 Å². The van der Waals surface area contributed by atoms with E-state index in [0.717, 1.165) is 61.6 Å². The minimum atomic E-state index is 0.0531. The van der Waals surface area contributed by atoms with Crippen molar-refractivity contribution in [1.29, 1.82) is 0 Å². The molecular formula is C25H33ClN3O+. The summed E-state index contributed by atoms with van der Waals surface area (Å²) in [5.74, 6) is 0.0531. The highest BCUT2D eigenvalue weighted by molar-refractivity contribution is 6.31. The van der Waals surface area contributed by atoms with Crippen LogP contribution in [0.3, 0.4) is 0 Å². The molecule has 1 saturated carbocycles. The number of rotatable bonds is 5. The second-order valence-corrected chi connectivity index (χ2v) is 9.01. The van der Waals surface area contributed by atoms with Crippen LogP contribution in [0.4, 0.5) is 5.69 Å². The minimum Gasteiger partial charge on any atom is -0.349 e. The van der Waals surface area contributed by atoms with Crippen LogP contribution in [0.25, 0.3) is 0 Å². The van der Waals surface area contributed by atoms with E-state index in [2.05, 4.69) is 22.0 Å². The molecule has 1 fully saturated rings. The Hall–Kier alpha value is -1.88. The molecule has 0 unspecified atom stereocenters. The lowest BCUT2D eigenvalue weighted by Crippen LogP contribution is -2.76. The molecule has 2 aromatic rings. The summed E-state index contributed by atoms with van der Waals surface area (Å²) >= 11 is 6.56. The summed E-state index contributed by atoms with van der Waals surface area (Å²) < 4.78 is 0. The largest absolute Gasteiger partial charge is 0.349 e. The number of hydrogen-bond acceptors (Lipinski definition) is 2. The maximum atomic E-state index is 12.6. The summed E-state index contributed by atoms with van der Waals surface area (Å²) in [6, 6.07) is 12.5. The Morgan fingerprint density at radius 1 is 1.00 bits per heavy atom. The lowest BCUT2D eigenvalue weighted by atomic mass is 9.97. The Labute approximate surface area is 184 Å². The van der Waals surface area contributed by atoms with E-state index in [1.54, 1.807) is 0 Å². The van der Waals surface area contributed by atoms with Crippen molar-refractivity contribution < 1.29 is 10.1 Å². The first kappa shape index (κ1) is 21.4. The highest BCUT2D eigenvalue weighted by Gasteiger charge is 2.18. The quantitative estimate of drug-likeness (QED) is 0.502.